The van der Waals surface area contributed by atoms with E-state index in [2.05, 4.69) is 5.16 Å². The van der Waals surface area contributed by atoms with Crippen LogP contribution in [0, 0.1) is 0 Å². The van der Waals surface area contributed by atoms with Gasteiger partial charge < -0.3 is 63.5 Å². The number of aliphatic hydroxyl groups excluding tert-OH is 3. The van der Waals surface area contributed by atoms with Crippen molar-refractivity contribution in [2.24, 2.45) is 5.16 Å². The summed E-state index contributed by atoms with van der Waals surface area (Å²) in [5.74, 6) is -2.57. The van der Waals surface area contributed by atoms with E-state index in [0.29, 0.717) is 11.1 Å². The van der Waals surface area contributed by atoms with Crippen LogP contribution in [0.2, 0.25) is 0 Å². The quantitative estimate of drug-likeness (QED) is 0.100. The number of oxime groups is 1. The van der Waals surface area contributed by atoms with Crippen molar-refractivity contribution >= 4 is 35.8 Å². The minimum Gasteiger partial charge on any atom is -0.463 e. The number of ether oxygens (including phenoxy) is 7. The van der Waals surface area contributed by atoms with Crippen LogP contribution in [0.4, 0.5) is 9.59 Å². The number of carbonyl (C=O) groups excluding carboxylic acids is 5. The van der Waals surface area contributed by atoms with E-state index < -0.39 is 104 Å². The molecule has 2 aromatic carbocycles. The van der Waals surface area contributed by atoms with Gasteiger partial charge in [-0.1, -0.05) is 65.8 Å². The van der Waals surface area contributed by atoms with Gasteiger partial charge in [0.2, 0.25) is 6.29 Å². The summed E-state index contributed by atoms with van der Waals surface area (Å²) < 4.78 is 38.5. The Labute approximate surface area is 315 Å². The Kier molecular flexibility index (Phi) is 14.9. The van der Waals surface area contributed by atoms with E-state index in [1.165, 1.54) is 14.1 Å². The summed E-state index contributed by atoms with van der Waals surface area (Å²) in [6, 6.07) is 14.0. The Morgan fingerprint density at radius 2 is 1.15 bits per heavy atom. The van der Waals surface area contributed by atoms with Crippen molar-refractivity contribution in [2.75, 3.05) is 20.7 Å². The lowest BCUT2D eigenvalue weighted by Gasteiger charge is -2.51. The van der Waals surface area contributed by atoms with Gasteiger partial charge in [-0.25, -0.2) is 9.59 Å². The Morgan fingerprint density at radius 3 is 1.56 bits per heavy atom. The number of nitrogens with zero attached hydrogens (tertiary/aromatic N) is 3. The zero-order chi connectivity index (χ0) is 40.4. The number of esters is 3. The van der Waals surface area contributed by atoms with Gasteiger partial charge in [-0.2, -0.15) is 0 Å². The normalized spacial score (nSPS) is 28.3. The molecule has 4 N–H and O–H groups in total. The molecule has 0 spiro atoms. The molecule has 0 aromatic heterocycles. The summed E-state index contributed by atoms with van der Waals surface area (Å²) in [6.07, 6.45) is -16.4. The maximum Gasteiger partial charge on any atom is 0.410 e. The average Bonchev–Trinajstić information content (AvgIpc) is 3.15. The van der Waals surface area contributed by atoms with Crippen LogP contribution in [0.15, 0.2) is 65.8 Å². The van der Waals surface area contributed by atoms with Crippen LogP contribution in [-0.4, -0.2) is 148 Å². The highest BCUT2D eigenvalue weighted by molar-refractivity contribution is 5.94. The van der Waals surface area contributed by atoms with Crippen molar-refractivity contribution in [3.63, 3.8) is 0 Å². The van der Waals surface area contributed by atoms with E-state index >= 15 is 0 Å². The number of likely N-dealkylation sites (N-methyl/N-ethyl adjacent to an activating group) is 2. The van der Waals surface area contributed by atoms with Crippen LogP contribution in [0.1, 0.15) is 31.9 Å². The van der Waals surface area contributed by atoms with Crippen molar-refractivity contribution in [3.8, 4) is 0 Å². The molecule has 300 valence electrons. The lowest BCUT2D eigenvalue weighted by Crippen LogP contribution is -2.73. The van der Waals surface area contributed by atoms with Crippen LogP contribution < -0.4 is 0 Å². The van der Waals surface area contributed by atoms with Crippen LogP contribution in [0.3, 0.4) is 0 Å². The molecule has 55 heavy (non-hydrogen) atoms. The van der Waals surface area contributed by atoms with Gasteiger partial charge in [0.05, 0.1) is 12.1 Å². The second-order valence-corrected chi connectivity index (χ2v) is 12.8. The molecule has 2 unspecified atom stereocenters. The molecular weight excluding hydrogens is 730 g/mol. The topological polar surface area (TPSA) is 250 Å². The van der Waals surface area contributed by atoms with Gasteiger partial charge in [0.1, 0.15) is 50.3 Å². The summed E-state index contributed by atoms with van der Waals surface area (Å²) in [7, 11) is 2.41. The smallest absolute Gasteiger partial charge is 0.410 e. The van der Waals surface area contributed by atoms with Gasteiger partial charge in [0.25, 0.3) is 0 Å². The standard InChI is InChI=1S/C36H45N3O16/c1-19(40)49-18-24-31(52-20(2)41)32(53-21(3)42)25(37-48)34(54-24)55-33-29(44)26(38(4)35(46)50-16-22-12-8-6-9-13-22)28(43)27(30(33)45)39(5)36(47)51-17-23-14-10-7-11-15-23/h6-15,24,26-34,43-45,48H,16-18H2,1-5H3/t24-,26-,27+,28?,29-,30+,31-,32+,33?,34+/m0/s1. The molecule has 1 saturated carbocycles. The fraction of sp³-hybridized carbons (Fsp3) is 0.500. The van der Waals surface area contributed by atoms with Gasteiger partial charge in [-0.3, -0.25) is 14.4 Å². The molecule has 10 atom stereocenters. The molecule has 19 heteroatoms. The summed E-state index contributed by atoms with van der Waals surface area (Å²) >= 11 is 0. The predicted octanol–water partition coefficient (Wildman–Crippen LogP) is 0.724. The first-order valence-electron chi connectivity index (χ1n) is 17.1. The number of hydrogen-bond donors (Lipinski definition) is 4. The molecule has 2 aromatic rings. The highest BCUT2D eigenvalue weighted by Crippen LogP contribution is 2.34. The summed E-state index contributed by atoms with van der Waals surface area (Å²) in [5.41, 5.74) is 0.644. The summed E-state index contributed by atoms with van der Waals surface area (Å²) in [4.78, 5) is 64.4. The number of amides is 2. The second-order valence-electron chi connectivity index (χ2n) is 12.8. The molecule has 0 bridgehead atoms. The first-order valence-corrected chi connectivity index (χ1v) is 17.1. The van der Waals surface area contributed by atoms with E-state index in [1.54, 1.807) is 60.7 Å². The van der Waals surface area contributed by atoms with E-state index in [-0.39, 0.29) is 13.2 Å². The molecule has 0 radical (unpaired) electrons. The van der Waals surface area contributed by atoms with Crippen molar-refractivity contribution in [1.82, 2.24) is 9.80 Å². The second kappa shape index (κ2) is 19.3. The highest BCUT2D eigenvalue weighted by Gasteiger charge is 2.57. The van der Waals surface area contributed by atoms with Crippen molar-refractivity contribution in [2.45, 2.75) is 95.1 Å². The fourth-order valence-corrected chi connectivity index (χ4v) is 6.28. The Hall–Kier alpha value is -5.34. The minimum atomic E-state index is -1.99. The van der Waals surface area contributed by atoms with Crippen molar-refractivity contribution in [1.29, 1.82) is 0 Å². The molecule has 4 rings (SSSR count). The van der Waals surface area contributed by atoms with Crippen molar-refractivity contribution < 1.29 is 77.7 Å². The maximum atomic E-state index is 13.4. The molecule has 1 aliphatic carbocycles. The first-order chi connectivity index (χ1) is 26.1. The summed E-state index contributed by atoms with van der Waals surface area (Å²) in [6.45, 7) is 2.17. The van der Waals surface area contributed by atoms with Gasteiger partial charge in [0.15, 0.2) is 17.9 Å². The number of rotatable bonds is 12. The number of carbonyl (C=O) groups is 5. The SMILES string of the molecule is CC(=O)OC[C@@H]1O[C@H](OC2[C@@H](O)[C@@H](N(C)C(=O)OCc3ccccc3)C(O)[C@@H](N(C)C(=O)OCc3ccccc3)[C@H]2O)C(=NO)[C@@H](OC(C)=O)[C@H]1OC(C)=O. The third-order valence-corrected chi connectivity index (χ3v) is 8.89. The zero-order valence-electron chi connectivity index (χ0n) is 30.7. The van der Waals surface area contributed by atoms with E-state index in [9.17, 15) is 44.5 Å². The molecular formula is C36H45N3O16. The number of hydrogen-bond acceptors (Lipinski definition) is 17. The van der Waals surface area contributed by atoms with Crippen LogP contribution in [0.25, 0.3) is 0 Å². The van der Waals surface area contributed by atoms with E-state index in [0.717, 1.165) is 30.6 Å². The lowest BCUT2D eigenvalue weighted by molar-refractivity contribution is -0.268. The third kappa shape index (κ3) is 10.7. The predicted molar refractivity (Wildman–Crippen MR) is 185 cm³/mol. The minimum absolute atomic E-state index is 0.183. The third-order valence-electron chi connectivity index (χ3n) is 8.89. The van der Waals surface area contributed by atoms with E-state index in [4.69, 9.17) is 33.2 Å². The molecule has 1 saturated heterocycles. The molecule has 2 amide bonds. The average molecular weight is 776 g/mol. The number of benzene rings is 2. The zero-order valence-corrected chi connectivity index (χ0v) is 30.7. The maximum absolute atomic E-state index is 13.4. The fourth-order valence-electron chi connectivity index (χ4n) is 6.28. The van der Waals surface area contributed by atoms with Crippen molar-refractivity contribution in [3.05, 3.63) is 71.8 Å². The molecule has 1 aliphatic heterocycles. The molecule has 2 fully saturated rings. The Bertz CT molecular complexity index is 1590. The monoisotopic (exact) mass is 775 g/mol. The van der Waals surface area contributed by atoms with Gasteiger partial charge in [-0.15, -0.1) is 0 Å². The molecule has 19 nitrogen and oxygen atoms in total. The van der Waals surface area contributed by atoms with Crippen LogP contribution in [-0.2, 0) is 60.8 Å². The van der Waals surface area contributed by atoms with Crippen LogP contribution in [0.5, 0.6) is 0 Å². The lowest BCUT2D eigenvalue weighted by atomic mass is 9.80. The Morgan fingerprint density at radius 1 is 0.673 bits per heavy atom. The summed E-state index contributed by atoms with van der Waals surface area (Å²) in [5, 5.41) is 48.5. The Balaban J connectivity index is 1.70. The van der Waals surface area contributed by atoms with Crippen LogP contribution >= 0.6 is 0 Å². The number of aliphatic hydroxyl groups is 3. The van der Waals surface area contributed by atoms with Gasteiger partial charge in [0, 0.05) is 34.9 Å². The first kappa shape index (κ1) is 42.4. The molecule has 1 heterocycles. The highest BCUT2D eigenvalue weighted by atomic mass is 16.7. The van der Waals surface area contributed by atoms with Gasteiger partial charge >= 0.3 is 30.1 Å². The van der Waals surface area contributed by atoms with E-state index in [1.807, 2.05) is 0 Å². The van der Waals surface area contributed by atoms with Gasteiger partial charge in [-0.05, 0) is 11.1 Å². The molecule has 2 aliphatic rings. The largest absolute Gasteiger partial charge is 0.463 e.